The zero-order valence-electron chi connectivity index (χ0n) is 9.54. The molecule has 86 valence electrons. The summed E-state index contributed by atoms with van der Waals surface area (Å²) in [7, 11) is 0. The van der Waals surface area contributed by atoms with E-state index < -0.39 is 0 Å². The molecule has 1 amide bonds. The summed E-state index contributed by atoms with van der Waals surface area (Å²) in [5.74, 6) is 0.208. The van der Waals surface area contributed by atoms with E-state index in [0.717, 1.165) is 32.7 Å². The van der Waals surface area contributed by atoms with Crippen LogP contribution in [0.5, 0.6) is 0 Å². The predicted molar refractivity (Wildman–Crippen MR) is 61.8 cm³/mol. The van der Waals surface area contributed by atoms with Gasteiger partial charge in [0.25, 0.3) is 0 Å². The highest BCUT2D eigenvalue weighted by atomic mass is 16.2. The monoisotopic (exact) mass is 211 g/mol. The summed E-state index contributed by atoms with van der Waals surface area (Å²) in [5, 5.41) is 3.27. The van der Waals surface area contributed by atoms with Crippen LogP contribution in [0.1, 0.15) is 6.92 Å². The Labute approximate surface area is 91.9 Å². The van der Waals surface area contributed by atoms with Crippen molar-refractivity contribution >= 4 is 5.91 Å². The van der Waals surface area contributed by atoms with Crippen LogP contribution in [0.25, 0.3) is 0 Å². The van der Waals surface area contributed by atoms with E-state index in [1.165, 1.54) is 0 Å². The van der Waals surface area contributed by atoms with Crippen LogP contribution in [-0.4, -0.2) is 61.5 Å². The van der Waals surface area contributed by atoms with Crippen molar-refractivity contribution in [3.8, 4) is 0 Å². The zero-order valence-corrected chi connectivity index (χ0v) is 9.54. The number of nitrogens with one attached hydrogen (secondary N) is 1. The molecule has 0 aromatic rings. The molecule has 1 saturated heterocycles. The normalized spacial score (nSPS) is 17.4. The van der Waals surface area contributed by atoms with E-state index in [-0.39, 0.29) is 5.91 Å². The largest absolute Gasteiger partial charge is 0.338 e. The van der Waals surface area contributed by atoms with Crippen LogP contribution in [0.15, 0.2) is 12.7 Å². The van der Waals surface area contributed by atoms with Gasteiger partial charge in [-0.05, 0) is 6.92 Å². The van der Waals surface area contributed by atoms with Crippen LogP contribution in [0.3, 0.4) is 0 Å². The van der Waals surface area contributed by atoms with Gasteiger partial charge in [0.15, 0.2) is 0 Å². The lowest BCUT2D eigenvalue weighted by atomic mass is 10.3. The third kappa shape index (κ3) is 4.01. The van der Waals surface area contributed by atoms with Crippen molar-refractivity contribution in [1.82, 2.24) is 15.1 Å². The molecule has 0 aromatic carbocycles. The Morgan fingerprint density at radius 2 is 2.20 bits per heavy atom. The van der Waals surface area contributed by atoms with Crippen molar-refractivity contribution in [1.29, 1.82) is 0 Å². The second kappa shape index (κ2) is 6.58. The average molecular weight is 211 g/mol. The van der Waals surface area contributed by atoms with E-state index in [2.05, 4.69) is 16.8 Å². The van der Waals surface area contributed by atoms with Crippen molar-refractivity contribution in [3.63, 3.8) is 0 Å². The number of likely N-dealkylation sites (N-methyl/N-ethyl adjacent to an activating group) is 1. The standard InChI is InChI=1S/C11H21N3O/c1-3-7-14(4-2)11(15)10-13-8-5-12-6-9-13/h3,12H,1,4-10H2,2H3. The number of hydrogen-bond donors (Lipinski definition) is 1. The Morgan fingerprint density at radius 1 is 1.53 bits per heavy atom. The van der Waals surface area contributed by atoms with Crippen molar-refractivity contribution < 1.29 is 4.79 Å². The highest BCUT2D eigenvalue weighted by Crippen LogP contribution is 1.96. The van der Waals surface area contributed by atoms with Crippen molar-refractivity contribution in [2.45, 2.75) is 6.92 Å². The molecular formula is C11H21N3O. The third-order valence-corrected chi connectivity index (χ3v) is 2.65. The molecule has 1 N–H and O–H groups in total. The second-order valence-corrected chi connectivity index (χ2v) is 3.75. The second-order valence-electron chi connectivity index (χ2n) is 3.75. The minimum atomic E-state index is 0.208. The SMILES string of the molecule is C=CCN(CC)C(=O)CN1CCNCC1. The van der Waals surface area contributed by atoms with Crippen molar-refractivity contribution in [2.75, 3.05) is 45.8 Å². The molecule has 0 radical (unpaired) electrons. The molecule has 1 heterocycles. The van der Waals surface area contributed by atoms with Gasteiger partial charge in [0.1, 0.15) is 0 Å². The molecule has 0 atom stereocenters. The summed E-state index contributed by atoms with van der Waals surface area (Å²) in [6.07, 6.45) is 1.78. The quantitative estimate of drug-likeness (QED) is 0.646. The lowest BCUT2D eigenvalue weighted by Gasteiger charge is -2.29. The number of carbonyl (C=O) groups excluding carboxylic acids is 1. The number of carbonyl (C=O) groups is 1. The minimum Gasteiger partial charge on any atom is -0.338 e. The van der Waals surface area contributed by atoms with Crippen LogP contribution >= 0.6 is 0 Å². The fourth-order valence-corrected chi connectivity index (χ4v) is 1.72. The van der Waals surface area contributed by atoms with E-state index in [1.807, 2.05) is 11.8 Å². The highest BCUT2D eigenvalue weighted by Gasteiger charge is 2.16. The maximum atomic E-state index is 11.8. The van der Waals surface area contributed by atoms with E-state index in [1.54, 1.807) is 6.08 Å². The summed E-state index contributed by atoms with van der Waals surface area (Å²) in [4.78, 5) is 15.9. The lowest BCUT2D eigenvalue weighted by molar-refractivity contribution is -0.131. The molecular weight excluding hydrogens is 190 g/mol. The molecule has 1 aliphatic heterocycles. The van der Waals surface area contributed by atoms with Crippen LogP contribution in [0, 0.1) is 0 Å². The first-order chi connectivity index (χ1) is 7.27. The molecule has 0 unspecified atom stereocenters. The van der Waals surface area contributed by atoms with E-state index >= 15 is 0 Å². The van der Waals surface area contributed by atoms with Gasteiger partial charge >= 0.3 is 0 Å². The fraction of sp³-hybridized carbons (Fsp3) is 0.727. The Balaban J connectivity index is 2.34. The molecule has 1 fully saturated rings. The maximum Gasteiger partial charge on any atom is 0.237 e. The molecule has 15 heavy (non-hydrogen) atoms. The smallest absolute Gasteiger partial charge is 0.237 e. The van der Waals surface area contributed by atoms with E-state index in [4.69, 9.17) is 0 Å². The zero-order chi connectivity index (χ0) is 11.1. The van der Waals surface area contributed by atoms with Crippen LogP contribution in [0.4, 0.5) is 0 Å². The first-order valence-corrected chi connectivity index (χ1v) is 5.59. The highest BCUT2D eigenvalue weighted by molar-refractivity contribution is 5.78. The molecule has 1 rings (SSSR count). The van der Waals surface area contributed by atoms with Crippen LogP contribution < -0.4 is 5.32 Å². The molecule has 4 heteroatoms. The number of nitrogens with zero attached hydrogens (tertiary/aromatic N) is 2. The summed E-state index contributed by atoms with van der Waals surface area (Å²) < 4.78 is 0. The number of piperazine rings is 1. The van der Waals surface area contributed by atoms with Crippen LogP contribution in [-0.2, 0) is 4.79 Å². The Bertz CT molecular complexity index is 212. The first kappa shape index (κ1) is 12.2. The average Bonchev–Trinajstić information content (AvgIpc) is 2.27. The van der Waals surface area contributed by atoms with Crippen molar-refractivity contribution in [2.24, 2.45) is 0 Å². The molecule has 0 bridgehead atoms. The molecule has 0 aromatic heterocycles. The predicted octanol–water partition coefficient (Wildman–Crippen LogP) is -0.0739. The van der Waals surface area contributed by atoms with Gasteiger partial charge < -0.3 is 10.2 Å². The van der Waals surface area contributed by atoms with E-state index in [9.17, 15) is 4.79 Å². The summed E-state index contributed by atoms with van der Waals surface area (Å²) in [6, 6.07) is 0. The molecule has 1 aliphatic rings. The van der Waals surface area contributed by atoms with Crippen molar-refractivity contribution in [3.05, 3.63) is 12.7 Å². The molecule has 4 nitrogen and oxygen atoms in total. The third-order valence-electron chi connectivity index (χ3n) is 2.65. The Hall–Kier alpha value is -0.870. The van der Waals surface area contributed by atoms with Gasteiger partial charge in [0.05, 0.1) is 6.54 Å². The number of hydrogen-bond acceptors (Lipinski definition) is 3. The summed E-state index contributed by atoms with van der Waals surface area (Å²) in [5.41, 5.74) is 0. The van der Waals surface area contributed by atoms with Gasteiger partial charge in [-0.1, -0.05) is 6.08 Å². The van der Waals surface area contributed by atoms with Gasteiger partial charge in [-0.2, -0.15) is 0 Å². The first-order valence-electron chi connectivity index (χ1n) is 5.59. The number of rotatable bonds is 5. The topological polar surface area (TPSA) is 35.6 Å². The van der Waals surface area contributed by atoms with Gasteiger partial charge in [-0.15, -0.1) is 6.58 Å². The maximum absolute atomic E-state index is 11.8. The summed E-state index contributed by atoms with van der Waals surface area (Å²) in [6.45, 7) is 11.5. The Morgan fingerprint density at radius 3 is 2.73 bits per heavy atom. The van der Waals surface area contributed by atoms with Gasteiger partial charge in [0.2, 0.25) is 5.91 Å². The minimum absolute atomic E-state index is 0.208. The molecule has 0 spiro atoms. The number of amides is 1. The summed E-state index contributed by atoms with van der Waals surface area (Å²) >= 11 is 0. The van der Waals surface area contributed by atoms with Crippen LogP contribution in [0.2, 0.25) is 0 Å². The molecule has 0 saturated carbocycles. The fourth-order valence-electron chi connectivity index (χ4n) is 1.72. The van der Waals surface area contributed by atoms with Gasteiger partial charge in [-0.3, -0.25) is 9.69 Å². The Kier molecular flexibility index (Phi) is 5.36. The van der Waals surface area contributed by atoms with Gasteiger partial charge in [0, 0.05) is 39.3 Å². The lowest BCUT2D eigenvalue weighted by Crippen LogP contribution is -2.48. The van der Waals surface area contributed by atoms with E-state index in [0.29, 0.717) is 13.1 Å². The van der Waals surface area contributed by atoms with Gasteiger partial charge in [-0.25, -0.2) is 0 Å². The molecule has 0 aliphatic carbocycles.